The fraction of sp³-hybridized carbons (Fsp3) is 0.0769. The number of rotatable bonds is 3. The van der Waals surface area contributed by atoms with Gasteiger partial charge < -0.3 is 10.5 Å². The highest BCUT2D eigenvalue weighted by Gasteiger charge is 2.05. The first-order valence-corrected chi connectivity index (χ1v) is 5.90. The van der Waals surface area contributed by atoms with Crippen LogP contribution in [0.4, 0.5) is 4.39 Å². The lowest BCUT2D eigenvalue weighted by Gasteiger charge is -2.08. The summed E-state index contributed by atoms with van der Waals surface area (Å²) in [6.45, 7) is 0.431. The van der Waals surface area contributed by atoms with Gasteiger partial charge in [-0.1, -0.05) is 28.1 Å². The first-order chi connectivity index (χ1) is 8.19. The van der Waals surface area contributed by atoms with Gasteiger partial charge in [-0.3, -0.25) is 0 Å². The van der Waals surface area contributed by atoms with E-state index in [2.05, 4.69) is 15.9 Å². The lowest BCUT2D eigenvalue weighted by molar-refractivity contribution is 0.441. The molecule has 2 nitrogen and oxygen atoms in total. The molecule has 0 aliphatic rings. The predicted molar refractivity (Wildman–Crippen MR) is 68.5 cm³/mol. The molecule has 0 saturated carbocycles. The number of ether oxygens (including phenoxy) is 1. The zero-order valence-corrected chi connectivity index (χ0v) is 10.6. The normalized spacial score (nSPS) is 10.3. The first kappa shape index (κ1) is 12.1. The molecule has 88 valence electrons. The Balaban J connectivity index is 2.25. The van der Waals surface area contributed by atoms with Gasteiger partial charge in [0.1, 0.15) is 5.75 Å². The van der Waals surface area contributed by atoms with E-state index in [0.717, 1.165) is 5.56 Å². The number of hydrogen-bond acceptors (Lipinski definition) is 2. The van der Waals surface area contributed by atoms with Crippen molar-refractivity contribution < 1.29 is 9.13 Å². The summed E-state index contributed by atoms with van der Waals surface area (Å²) in [4.78, 5) is 0. The van der Waals surface area contributed by atoms with Gasteiger partial charge in [-0.05, 0) is 35.9 Å². The Hall–Kier alpha value is -1.39. The van der Waals surface area contributed by atoms with Gasteiger partial charge in [0.2, 0.25) is 0 Å². The van der Waals surface area contributed by atoms with Crippen LogP contribution in [0, 0.1) is 5.82 Å². The van der Waals surface area contributed by atoms with Crippen molar-refractivity contribution in [1.82, 2.24) is 0 Å². The second-order valence-corrected chi connectivity index (χ2v) is 4.44. The maximum Gasteiger partial charge on any atom is 0.166 e. The van der Waals surface area contributed by atoms with E-state index in [0.29, 0.717) is 16.8 Å². The summed E-state index contributed by atoms with van der Waals surface area (Å²) in [5.74, 6) is 0.370. The average Bonchev–Trinajstić information content (AvgIpc) is 2.33. The second-order valence-electron chi connectivity index (χ2n) is 3.53. The largest absolute Gasteiger partial charge is 0.454 e. The molecule has 2 aromatic rings. The van der Waals surface area contributed by atoms with Crippen molar-refractivity contribution in [1.29, 1.82) is 0 Å². The van der Waals surface area contributed by atoms with Crippen LogP contribution < -0.4 is 10.5 Å². The summed E-state index contributed by atoms with van der Waals surface area (Å²) < 4.78 is 19.7. The van der Waals surface area contributed by atoms with Crippen molar-refractivity contribution in [2.75, 3.05) is 0 Å². The summed E-state index contributed by atoms with van der Waals surface area (Å²) in [5.41, 5.74) is 6.47. The highest BCUT2D eigenvalue weighted by Crippen LogP contribution is 2.27. The van der Waals surface area contributed by atoms with Crippen LogP contribution in [0.2, 0.25) is 0 Å². The van der Waals surface area contributed by atoms with Crippen molar-refractivity contribution in [2.45, 2.75) is 6.54 Å². The molecule has 2 aromatic carbocycles. The van der Waals surface area contributed by atoms with Crippen LogP contribution in [0.3, 0.4) is 0 Å². The zero-order chi connectivity index (χ0) is 12.3. The maximum atomic E-state index is 13.5. The molecule has 0 aromatic heterocycles. The van der Waals surface area contributed by atoms with Crippen LogP contribution in [-0.4, -0.2) is 0 Å². The highest BCUT2D eigenvalue weighted by molar-refractivity contribution is 9.10. The fourth-order valence-corrected chi connectivity index (χ4v) is 1.75. The van der Waals surface area contributed by atoms with Gasteiger partial charge in [0.25, 0.3) is 0 Å². The van der Waals surface area contributed by atoms with Gasteiger partial charge >= 0.3 is 0 Å². The number of halogens is 2. The molecular weight excluding hydrogens is 285 g/mol. The molecule has 0 aliphatic carbocycles. The van der Waals surface area contributed by atoms with Gasteiger partial charge in [-0.25, -0.2) is 4.39 Å². The standard InChI is InChI=1S/C13H11BrFNO/c14-10-4-5-13(12(15)7-10)17-11-3-1-2-9(6-11)8-16/h1-7H,8,16H2. The van der Waals surface area contributed by atoms with Gasteiger partial charge in [-0.2, -0.15) is 0 Å². The van der Waals surface area contributed by atoms with E-state index in [4.69, 9.17) is 10.5 Å². The molecule has 0 fully saturated rings. The molecule has 2 N–H and O–H groups in total. The third-order valence-electron chi connectivity index (χ3n) is 2.26. The molecule has 2 rings (SSSR count). The Morgan fingerprint density at radius 2 is 2.00 bits per heavy atom. The van der Waals surface area contributed by atoms with Crippen LogP contribution >= 0.6 is 15.9 Å². The van der Waals surface area contributed by atoms with E-state index in [-0.39, 0.29) is 5.75 Å². The summed E-state index contributed by atoms with van der Waals surface area (Å²) >= 11 is 3.19. The number of hydrogen-bond donors (Lipinski definition) is 1. The van der Waals surface area contributed by atoms with Crippen LogP contribution in [-0.2, 0) is 6.54 Å². The Kier molecular flexibility index (Phi) is 3.76. The van der Waals surface area contributed by atoms with E-state index in [9.17, 15) is 4.39 Å². The SMILES string of the molecule is NCc1cccc(Oc2ccc(Br)cc2F)c1. The highest BCUT2D eigenvalue weighted by atomic mass is 79.9. The molecule has 17 heavy (non-hydrogen) atoms. The second kappa shape index (κ2) is 5.29. The Morgan fingerprint density at radius 1 is 1.18 bits per heavy atom. The van der Waals surface area contributed by atoms with Crippen molar-refractivity contribution in [3.05, 3.63) is 58.3 Å². The van der Waals surface area contributed by atoms with Crippen LogP contribution in [0.5, 0.6) is 11.5 Å². The van der Waals surface area contributed by atoms with Gasteiger partial charge in [-0.15, -0.1) is 0 Å². The summed E-state index contributed by atoms with van der Waals surface area (Å²) in [6, 6.07) is 11.9. The van der Waals surface area contributed by atoms with E-state index in [1.54, 1.807) is 24.3 Å². The van der Waals surface area contributed by atoms with E-state index in [1.165, 1.54) is 6.07 Å². The quantitative estimate of drug-likeness (QED) is 0.934. The molecule has 0 bridgehead atoms. The van der Waals surface area contributed by atoms with Crippen molar-refractivity contribution >= 4 is 15.9 Å². The Labute approximate surface area is 107 Å². The molecule has 0 heterocycles. The monoisotopic (exact) mass is 295 g/mol. The smallest absolute Gasteiger partial charge is 0.166 e. The van der Waals surface area contributed by atoms with Crippen molar-refractivity contribution in [2.24, 2.45) is 5.73 Å². The first-order valence-electron chi connectivity index (χ1n) is 5.11. The van der Waals surface area contributed by atoms with Crippen molar-refractivity contribution in [3.8, 4) is 11.5 Å². The lowest BCUT2D eigenvalue weighted by atomic mass is 10.2. The third-order valence-corrected chi connectivity index (χ3v) is 2.75. The molecule has 0 saturated heterocycles. The minimum Gasteiger partial charge on any atom is -0.454 e. The molecule has 0 radical (unpaired) electrons. The number of nitrogens with two attached hydrogens (primary N) is 1. The van der Waals surface area contributed by atoms with Crippen LogP contribution in [0.1, 0.15) is 5.56 Å². The van der Waals surface area contributed by atoms with E-state index < -0.39 is 5.82 Å². The molecule has 0 spiro atoms. The third kappa shape index (κ3) is 3.05. The molecular formula is C13H11BrFNO. The molecule has 0 unspecified atom stereocenters. The van der Waals surface area contributed by atoms with Gasteiger partial charge in [0.05, 0.1) is 0 Å². The minimum atomic E-state index is -0.405. The topological polar surface area (TPSA) is 35.2 Å². The predicted octanol–water partition coefficient (Wildman–Crippen LogP) is 3.84. The number of benzene rings is 2. The average molecular weight is 296 g/mol. The summed E-state index contributed by atoms with van der Waals surface area (Å²) in [6.07, 6.45) is 0. The molecule has 4 heteroatoms. The van der Waals surface area contributed by atoms with Gasteiger partial charge in [0, 0.05) is 11.0 Å². The minimum absolute atomic E-state index is 0.197. The van der Waals surface area contributed by atoms with Crippen LogP contribution in [0.15, 0.2) is 46.9 Å². The van der Waals surface area contributed by atoms with E-state index >= 15 is 0 Å². The van der Waals surface area contributed by atoms with E-state index in [1.807, 2.05) is 12.1 Å². The summed E-state index contributed by atoms with van der Waals surface area (Å²) in [5, 5.41) is 0. The van der Waals surface area contributed by atoms with Gasteiger partial charge in [0.15, 0.2) is 11.6 Å². The molecule has 0 amide bonds. The Bertz CT molecular complexity index is 531. The lowest BCUT2D eigenvalue weighted by Crippen LogP contribution is -1.96. The molecule has 0 atom stereocenters. The van der Waals surface area contributed by atoms with Crippen LogP contribution in [0.25, 0.3) is 0 Å². The van der Waals surface area contributed by atoms with Crippen molar-refractivity contribution in [3.63, 3.8) is 0 Å². The fourth-order valence-electron chi connectivity index (χ4n) is 1.42. The maximum absolute atomic E-state index is 13.5. The summed E-state index contributed by atoms with van der Waals surface area (Å²) in [7, 11) is 0. The Morgan fingerprint density at radius 3 is 2.71 bits per heavy atom. The molecule has 0 aliphatic heterocycles. The zero-order valence-electron chi connectivity index (χ0n) is 8.99.